The first-order chi connectivity index (χ1) is 13.1. The van der Waals surface area contributed by atoms with Crippen LogP contribution in [0.25, 0.3) is 0 Å². The summed E-state index contributed by atoms with van der Waals surface area (Å²) in [6.07, 6.45) is 2.14. The van der Waals surface area contributed by atoms with E-state index in [9.17, 15) is 10.1 Å². The number of thiazole rings is 1. The zero-order valence-corrected chi connectivity index (χ0v) is 15.6. The zero-order valence-electron chi connectivity index (χ0n) is 14.8. The lowest BCUT2D eigenvalue weighted by molar-refractivity contribution is -0.127. The first kappa shape index (κ1) is 16.2. The number of amides is 1. The molecule has 3 aliphatic rings. The van der Waals surface area contributed by atoms with E-state index in [4.69, 9.17) is 0 Å². The largest absolute Gasteiger partial charge is 0.301 e. The SMILES string of the molecule is CC1(C(=O)Nc2nccs2)CC2(C#N)c3ccccc3C1c1ccccc12. The molecule has 27 heavy (non-hydrogen) atoms. The maximum absolute atomic E-state index is 13.4. The summed E-state index contributed by atoms with van der Waals surface area (Å²) in [7, 11) is 0. The van der Waals surface area contributed by atoms with Crippen LogP contribution >= 0.6 is 11.3 Å². The zero-order chi connectivity index (χ0) is 18.6. The summed E-state index contributed by atoms with van der Waals surface area (Å²) in [5.74, 6) is -0.161. The number of nitrogens with one attached hydrogen (secondary N) is 1. The van der Waals surface area contributed by atoms with Gasteiger partial charge in [0.2, 0.25) is 5.91 Å². The maximum atomic E-state index is 13.4. The van der Waals surface area contributed by atoms with Gasteiger partial charge in [-0.25, -0.2) is 4.98 Å². The first-order valence-electron chi connectivity index (χ1n) is 8.91. The molecule has 1 N–H and O–H groups in total. The van der Waals surface area contributed by atoms with E-state index in [-0.39, 0.29) is 11.8 Å². The molecule has 2 bridgehead atoms. The van der Waals surface area contributed by atoms with Gasteiger partial charge in [0.1, 0.15) is 5.41 Å². The van der Waals surface area contributed by atoms with E-state index < -0.39 is 10.8 Å². The molecule has 1 heterocycles. The summed E-state index contributed by atoms with van der Waals surface area (Å²) < 4.78 is 0. The van der Waals surface area contributed by atoms with E-state index in [1.807, 2.05) is 48.7 Å². The molecule has 2 aromatic carbocycles. The van der Waals surface area contributed by atoms with Crippen LogP contribution in [0, 0.1) is 16.7 Å². The molecule has 1 amide bonds. The average molecular weight is 371 g/mol. The van der Waals surface area contributed by atoms with Crippen LogP contribution in [0.15, 0.2) is 60.1 Å². The quantitative estimate of drug-likeness (QED) is 0.724. The fraction of sp³-hybridized carbons (Fsp3) is 0.227. The van der Waals surface area contributed by atoms with Gasteiger partial charge in [-0.05, 0) is 35.6 Å². The Morgan fingerprint density at radius 3 is 2.37 bits per heavy atom. The third kappa shape index (κ3) is 2.02. The number of carbonyl (C=O) groups excluding carboxylic acids is 1. The summed E-state index contributed by atoms with van der Waals surface area (Å²) in [5.41, 5.74) is 2.70. The van der Waals surface area contributed by atoms with Gasteiger partial charge in [0.15, 0.2) is 5.13 Å². The second-order valence-corrected chi connectivity index (χ2v) is 8.40. The van der Waals surface area contributed by atoms with Crippen molar-refractivity contribution in [2.75, 3.05) is 5.32 Å². The van der Waals surface area contributed by atoms with Crippen molar-refractivity contribution in [3.63, 3.8) is 0 Å². The predicted molar refractivity (Wildman–Crippen MR) is 105 cm³/mol. The second kappa shape index (κ2) is 5.51. The van der Waals surface area contributed by atoms with E-state index in [1.54, 1.807) is 6.20 Å². The maximum Gasteiger partial charge on any atom is 0.233 e. The topological polar surface area (TPSA) is 65.8 Å². The van der Waals surface area contributed by atoms with Gasteiger partial charge in [-0.1, -0.05) is 48.5 Å². The molecule has 1 unspecified atom stereocenters. The Labute approximate surface area is 161 Å². The first-order valence-corrected chi connectivity index (χ1v) is 9.79. The van der Waals surface area contributed by atoms with Gasteiger partial charge < -0.3 is 5.32 Å². The van der Waals surface area contributed by atoms with Crippen LogP contribution in [-0.4, -0.2) is 10.9 Å². The van der Waals surface area contributed by atoms with Crippen LogP contribution in [-0.2, 0) is 10.2 Å². The standard InChI is InChI=1S/C22H17N3OS/c1-21(19(26)25-20-24-10-11-27-20)12-22(13-23)16-8-4-2-6-14(16)18(21)15-7-3-5-9-17(15)22/h2-11,18H,12H2,1H3,(H,24,25,26). The molecule has 0 fully saturated rings. The predicted octanol–water partition coefficient (Wildman–Crippen LogP) is 4.45. The van der Waals surface area contributed by atoms with Gasteiger partial charge in [-0.3, -0.25) is 4.79 Å². The highest BCUT2D eigenvalue weighted by atomic mass is 32.1. The Kier molecular flexibility index (Phi) is 3.31. The fourth-order valence-corrected chi connectivity index (χ4v) is 5.54. The van der Waals surface area contributed by atoms with Crippen molar-refractivity contribution in [2.45, 2.75) is 24.7 Å². The van der Waals surface area contributed by atoms with E-state index in [0.29, 0.717) is 11.6 Å². The van der Waals surface area contributed by atoms with Gasteiger partial charge in [-0.2, -0.15) is 5.26 Å². The molecule has 1 atom stereocenters. The van der Waals surface area contributed by atoms with E-state index in [0.717, 1.165) is 22.3 Å². The highest BCUT2D eigenvalue weighted by molar-refractivity contribution is 7.13. The molecule has 0 saturated heterocycles. The minimum atomic E-state index is -0.809. The number of hydrogen-bond donors (Lipinski definition) is 1. The smallest absolute Gasteiger partial charge is 0.233 e. The van der Waals surface area contributed by atoms with Crippen LogP contribution < -0.4 is 5.32 Å². The van der Waals surface area contributed by atoms with Crippen LogP contribution in [0.4, 0.5) is 5.13 Å². The molecular weight excluding hydrogens is 354 g/mol. The van der Waals surface area contributed by atoms with Gasteiger partial charge in [0.05, 0.1) is 11.5 Å². The van der Waals surface area contributed by atoms with Gasteiger partial charge in [0.25, 0.3) is 0 Å². The molecule has 1 aromatic heterocycles. The third-order valence-electron chi connectivity index (χ3n) is 6.10. The normalized spacial score (nSPS) is 27.3. The molecule has 3 aromatic rings. The average Bonchev–Trinajstić information content (AvgIpc) is 3.21. The van der Waals surface area contributed by atoms with Crippen LogP contribution in [0.1, 0.15) is 41.5 Å². The Bertz CT molecular complexity index is 1050. The number of rotatable bonds is 2. The number of anilines is 1. The number of carbonyl (C=O) groups is 1. The Morgan fingerprint density at radius 1 is 1.19 bits per heavy atom. The van der Waals surface area contributed by atoms with Crippen molar-refractivity contribution in [3.05, 3.63) is 82.4 Å². The van der Waals surface area contributed by atoms with E-state index in [2.05, 4.69) is 28.5 Å². The highest BCUT2D eigenvalue weighted by Gasteiger charge is 2.60. The van der Waals surface area contributed by atoms with E-state index in [1.165, 1.54) is 11.3 Å². The molecule has 0 radical (unpaired) electrons. The van der Waals surface area contributed by atoms with Crippen molar-refractivity contribution >= 4 is 22.4 Å². The summed E-state index contributed by atoms with van der Waals surface area (Å²) in [6.45, 7) is 1.98. The van der Waals surface area contributed by atoms with Crippen molar-refractivity contribution in [1.29, 1.82) is 5.26 Å². The summed E-state index contributed by atoms with van der Waals surface area (Å²) >= 11 is 1.40. The molecule has 6 rings (SSSR count). The van der Waals surface area contributed by atoms with Crippen LogP contribution in [0.3, 0.4) is 0 Å². The van der Waals surface area contributed by atoms with Crippen LogP contribution in [0.2, 0.25) is 0 Å². The fourth-order valence-electron chi connectivity index (χ4n) is 5.01. The lowest BCUT2D eigenvalue weighted by Gasteiger charge is -2.54. The molecular formula is C22H17N3OS. The molecule has 0 saturated carbocycles. The Hall–Kier alpha value is -2.97. The minimum Gasteiger partial charge on any atom is -0.301 e. The number of fused-ring (bicyclic) bond motifs is 1. The molecule has 5 heteroatoms. The van der Waals surface area contributed by atoms with Gasteiger partial charge in [0, 0.05) is 17.5 Å². The van der Waals surface area contributed by atoms with Crippen LogP contribution in [0.5, 0.6) is 0 Å². The molecule has 132 valence electrons. The number of aromatic nitrogens is 1. The molecule has 0 aliphatic heterocycles. The summed E-state index contributed by atoms with van der Waals surface area (Å²) in [6, 6.07) is 18.8. The second-order valence-electron chi connectivity index (χ2n) is 7.51. The van der Waals surface area contributed by atoms with Crippen molar-refractivity contribution in [1.82, 2.24) is 4.98 Å². The number of nitriles is 1. The lowest BCUT2D eigenvalue weighted by atomic mass is 9.47. The molecule has 0 spiro atoms. The summed E-state index contributed by atoms with van der Waals surface area (Å²) in [4.78, 5) is 17.6. The van der Waals surface area contributed by atoms with Crippen molar-refractivity contribution in [2.24, 2.45) is 5.41 Å². The number of hydrogen-bond acceptors (Lipinski definition) is 4. The number of benzene rings is 2. The van der Waals surface area contributed by atoms with E-state index >= 15 is 0 Å². The van der Waals surface area contributed by atoms with Gasteiger partial charge >= 0.3 is 0 Å². The lowest BCUT2D eigenvalue weighted by Crippen LogP contribution is -2.53. The Balaban J connectivity index is 1.74. The highest BCUT2D eigenvalue weighted by Crippen LogP contribution is 2.63. The molecule has 4 nitrogen and oxygen atoms in total. The minimum absolute atomic E-state index is 0.0777. The van der Waals surface area contributed by atoms with Crippen molar-refractivity contribution in [3.8, 4) is 6.07 Å². The monoisotopic (exact) mass is 371 g/mol. The molecule has 3 aliphatic carbocycles. The third-order valence-corrected chi connectivity index (χ3v) is 6.78. The van der Waals surface area contributed by atoms with Gasteiger partial charge in [-0.15, -0.1) is 11.3 Å². The Morgan fingerprint density at radius 2 is 1.81 bits per heavy atom. The summed E-state index contributed by atoms with van der Waals surface area (Å²) in [5, 5.41) is 15.7. The number of nitrogens with zero attached hydrogens (tertiary/aromatic N) is 2. The van der Waals surface area contributed by atoms with Crippen molar-refractivity contribution < 1.29 is 4.79 Å².